The Labute approximate surface area is 136 Å². The second kappa shape index (κ2) is 5.12. The van der Waals surface area contributed by atoms with E-state index in [0.717, 1.165) is 34.4 Å². The van der Waals surface area contributed by atoms with E-state index in [1.807, 2.05) is 13.0 Å². The SMILES string of the molecule is Cc1cc(C)cc(-c2c3c(cc4c2OCCO4)C(=O)C(C)C3)c1. The van der Waals surface area contributed by atoms with Crippen LogP contribution >= 0.6 is 0 Å². The van der Waals surface area contributed by atoms with Gasteiger partial charge in [-0.25, -0.2) is 0 Å². The maximum Gasteiger partial charge on any atom is 0.169 e. The number of ketones is 1. The van der Waals surface area contributed by atoms with Crippen LogP contribution < -0.4 is 9.47 Å². The molecule has 23 heavy (non-hydrogen) atoms. The fourth-order valence-corrected chi connectivity index (χ4v) is 3.75. The van der Waals surface area contributed by atoms with E-state index in [0.29, 0.717) is 19.0 Å². The van der Waals surface area contributed by atoms with Gasteiger partial charge in [-0.15, -0.1) is 0 Å². The van der Waals surface area contributed by atoms with Crippen LogP contribution in [0.1, 0.15) is 34.0 Å². The Morgan fingerprint density at radius 1 is 1.00 bits per heavy atom. The Morgan fingerprint density at radius 3 is 2.43 bits per heavy atom. The zero-order valence-corrected chi connectivity index (χ0v) is 13.7. The van der Waals surface area contributed by atoms with Crippen molar-refractivity contribution in [1.82, 2.24) is 0 Å². The number of aryl methyl sites for hydroxylation is 2. The number of ether oxygens (including phenoxy) is 2. The highest BCUT2D eigenvalue weighted by atomic mass is 16.6. The zero-order valence-electron chi connectivity index (χ0n) is 13.7. The van der Waals surface area contributed by atoms with Gasteiger partial charge in [0, 0.05) is 17.0 Å². The summed E-state index contributed by atoms with van der Waals surface area (Å²) >= 11 is 0. The average Bonchev–Trinajstić information content (AvgIpc) is 2.79. The molecular formula is C20H20O3. The maximum atomic E-state index is 12.5. The van der Waals surface area contributed by atoms with Gasteiger partial charge in [-0.3, -0.25) is 4.79 Å². The van der Waals surface area contributed by atoms with Gasteiger partial charge in [0.2, 0.25) is 0 Å². The summed E-state index contributed by atoms with van der Waals surface area (Å²) in [4.78, 5) is 12.5. The molecule has 1 unspecified atom stereocenters. The van der Waals surface area contributed by atoms with Gasteiger partial charge in [0.25, 0.3) is 0 Å². The minimum atomic E-state index is 0.0264. The van der Waals surface area contributed by atoms with E-state index in [1.165, 1.54) is 11.1 Å². The molecule has 118 valence electrons. The molecule has 1 heterocycles. The fraction of sp³-hybridized carbons (Fsp3) is 0.350. The van der Waals surface area contributed by atoms with Gasteiger partial charge < -0.3 is 9.47 Å². The van der Waals surface area contributed by atoms with E-state index in [1.54, 1.807) is 0 Å². The minimum Gasteiger partial charge on any atom is -0.486 e. The molecule has 3 nitrogen and oxygen atoms in total. The second-order valence-electron chi connectivity index (χ2n) is 6.65. The third-order valence-electron chi connectivity index (χ3n) is 4.67. The number of rotatable bonds is 1. The first-order chi connectivity index (χ1) is 11.0. The van der Waals surface area contributed by atoms with Crippen molar-refractivity contribution in [2.75, 3.05) is 13.2 Å². The number of carbonyl (C=O) groups is 1. The summed E-state index contributed by atoms with van der Waals surface area (Å²) in [6.45, 7) is 7.26. The van der Waals surface area contributed by atoms with Crippen LogP contribution in [0.4, 0.5) is 0 Å². The van der Waals surface area contributed by atoms with Gasteiger partial charge in [-0.2, -0.15) is 0 Å². The van der Waals surface area contributed by atoms with Crippen LogP contribution in [0.3, 0.4) is 0 Å². The molecule has 0 saturated heterocycles. The molecule has 1 aliphatic heterocycles. The molecular weight excluding hydrogens is 288 g/mol. The third kappa shape index (κ3) is 2.23. The molecule has 0 aromatic heterocycles. The van der Waals surface area contributed by atoms with Crippen molar-refractivity contribution in [3.05, 3.63) is 46.5 Å². The van der Waals surface area contributed by atoms with Crippen LogP contribution in [0.25, 0.3) is 11.1 Å². The Morgan fingerprint density at radius 2 is 1.70 bits per heavy atom. The predicted molar refractivity (Wildman–Crippen MR) is 89.5 cm³/mol. The largest absolute Gasteiger partial charge is 0.486 e. The van der Waals surface area contributed by atoms with Crippen LogP contribution in [-0.2, 0) is 6.42 Å². The van der Waals surface area contributed by atoms with Crippen molar-refractivity contribution in [3.8, 4) is 22.6 Å². The molecule has 0 N–H and O–H groups in total. The Kier molecular flexibility index (Phi) is 3.19. The molecule has 3 heteroatoms. The van der Waals surface area contributed by atoms with E-state index in [2.05, 4.69) is 32.0 Å². The topological polar surface area (TPSA) is 35.5 Å². The molecule has 0 saturated carbocycles. The summed E-state index contributed by atoms with van der Waals surface area (Å²) in [5.41, 5.74) is 6.48. The van der Waals surface area contributed by atoms with Crippen molar-refractivity contribution in [2.45, 2.75) is 27.2 Å². The summed E-state index contributed by atoms with van der Waals surface area (Å²) in [6, 6.07) is 8.36. The number of benzene rings is 2. The van der Waals surface area contributed by atoms with Gasteiger partial charge in [0.15, 0.2) is 17.3 Å². The molecule has 4 rings (SSSR count). The lowest BCUT2D eigenvalue weighted by molar-refractivity contribution is 0.0945. The number of carbonyl (C=O) groups excluding carboxylic acids is 1. The zero-order chi connectivity index (χ0) is 16.1. The smallest absolute Gasteiger partial charge is 0.169 e. The average molecular weight is 308 g/mol. The standard InChI is InChI=1S/C20H20O3/c1-11-6-12(2)8-14(7-11)18-15-9-13(3)19(21)16(15)10-17-20(18)23-5-4-22-17/h6-8,10,13H,4-5,9H2,1-3H3. The van der Waals surface area contributed by atoms with Crippen molar-refractivity contribution < 1.29 is 14.3 Å². The number of fused-ring (bicyclic) bond motifs is 2. The van der Waals surface area contributed by atoms with E-state index in [4.69, 9.17) is 9.47 Å². The lowest BCUT2D eigenvalue weighted by atomic mass is 9.92. The summed E-state index contributed by atoms with van der Waals surface area (Å²) in [7, 11) is 0. The molecule has 0 radical (unpaired) electrons. The van der Waals surface area contributed by atoms with E-state index >= 15 is 0 Å². The van der Waals surface area contributed by atoms with Crippen molar-refractivity contribution in [2.24, 2.45) is 5.92 Å². The monoisotopic (exact) mass is 308 g/mol. The first-order valence-corrected chi connectivity index (χ1v) is 8.13. The summed E-state index contributed by atoms with van der Waals surface area (Å²) in [6.07, 6.45) is 0.771. The van der Waals surface area contributed by atoms with Gasteiger partial charge in [-0.1, -0.05) is 36.2 Å². The van der Waals surface area contributed by atoms with Crippen molar-refractivity contribution in [1.29, 1.82) is 0 Å². The highest BCUT2D eigenvalue weighted by Crippen LogP contribution is 2.47. The van der Waals surface area contributed by atoms with Gasteiger partial charge >= 0.3 is 0 Å². The number of hydrogen-bond acceptors (Lipinski definition) is 3. The molecule has 1 atom stereocenters. The maximum absolute atomic E-state index is 12.5. The Hall–Kier alpha value is -2.29. The fourth-order valence-electron chi connectivity index (χ4n) is 3.75. The summed E-state index contributed by atoms with van der Waals surface area (Å²) in [5, 5.41) is 0. The quantitative estimate of drug-likeness (QED) is 0.795. The van der Waals surface area contributed by atoms with Crippen molar-refractivity contribution >= 4 is 5.78 Å². The predicted octanol–water partition coefficient (Wildman–Crippen LogP) is 4.12. The van der Waals surface area contributed by atoms with Crippen LogP contribution in [0.5, 0.6) is 11.5 Å². The highest BCUT2D eigenvalue weighted by molar-refractivity contribution is 6.05. The first-order valence-electron chi connectivity index (χ1n) is 8.13. The lowest BCUT2D eigenvalue weighted by Crippen LogP contribution is -2.17. The molecule has 2 aromatic rings. The third-order valence-corrected chi connectivity index (χ3v) is 4.67. The molecule has 2 aromatic carbocycles. The number of hydrogen-bond donors (Lipinski definition) is 0. The van der Waals surface area contributed by atoms with E-state index in [-0.39, 0.29) is 11.7 Å². The van der Waals surface area contributed by atoms with Gasteiger partial charge in [0.1, 0.15) is 13.2 Å². The molecule has 1 aliphatic carbocycles. The molecule has 2 aliphatic rings. The van der Waals surface area contributed by atoms with Crippen LogP contribution in [0.15, 0.2) is 24.3 Å². The minimum absolute atomic E-state index is 0.0264. The lowest BCUT2D eigenvalue weighted by Gasteiger charge is -2.24. The second-order valence-corrected chi connectivity index (χ2v) is 6.65. The summed E-state index contributed by atoms with van der Waals surface area (Å²) in [5.74, 6) is 1.73. The highest BCUT2D eigenvalue weighted by Gasteiger charge is 2.34. The Bertz CT molecular complexity index is 800. The van der Waals surface area contributed by atoms with Crippen LogP contribution in [0, 0.1) is 19.8 Å². The van der Waals surface area contributed by atoms with Gasteiger partial charge in [0.05, 0.1) is 0 Å². The molecule has 0 amide bonds. The summed E-state index contributed by atoms with van der Waals surface area (Å²) < 4.78 is 11.7. The van der Waals surface area contributed by atoms with Crippen LogP contribution in [-0.4, -0.2) is 19.0 Å². The van der Waals surface area contributed by atoms with Gasteiger partial charge in [-0.05, 0) is 37.5 Å². The number of Topliss-reactive ketones (excluding diaryl/α,β-unsaturated/α-hetero) is 1. The van der Waals surface area contributed by atoms with E-state index < -0.39 is 0 Å². The van der Waals surface area contributed by atoms with Crippen molar-refractivity contribution in [3.63, 3.8) is 0 Å². The van der Waals surface area contributed by atoms with E-state index in [9.17, 15) is 4.79 Å². The Balaban J connectivity index is 2.03. The molecule has 0 bridgehead atoms. The molecule has 0 fully saturated rings. The first kappa shape index (κ1) is 14.3. The normalized spacial score (nSPS) is 18.9. The molecule has 0 spiro atoms. The van der Waals surface area contributed by atoms with Crippen LogP contribution in [0.2, 0.25) is 0 Å².